The van der Waals surface area contributed by atoms with Crippen molar-refractivity contribution >= 4 is 5.91 Å². The maximum absolute atomic E-state index is 12.4. The van der Waals surface area contributed by atoms with Gasteiger partial charge < -0.3 is 15.8 Å². The number of carbonyl (C=O) groups excluding carboxylic acids is 1. The lowest BCUT2D eigenvalue weighted by atomic mass is 9.97. The van der Waals surface area contributed by atoms with Gasteiger partial charge in [-0.3, -0.25) is 4.79 Å². The van der Waals surface area contributed by atoms with E-state index in [9.17, 15) is 4.79 Å². The first-order chi connectivity index (χ1) is 9.54. The number of nitrogens with one attached hydrogen (secondary N) is 1. The van der Waals surface area contributed by atoms with E-state index in [0.717, 1.165) is 31.4 Å². The molecule has 0 radical (unpaired) electrons. The predicted molar refractivity (Wildman–Crippen MR) is 79.9 cm³/mol. The summed E-state index contributed by atoms with van der Waals surface area (Å²) in [5.41, 5.74) is 6.26. The molecule has 0 bridgehead atoms. The zero-order valence-corrected chi connectivity index (χ0v) is 12.3. The van der Waals surface area contributed by atoms with Gasteiger partial charge in [0.15, 0.2) is 0 Å². The number of carbonyl (C=O) groups is 1. The van der Waals surface area contributed by atoms with Crippen LogP contribution in [0.1, 0.15) is 49.9 Å². The van der Waals surface area contributed by atoms with Crippen molar-refractivity contribution in [2.24, 2.45) is 5.73 Å². The molecule has 110 valence electrons. The van der Waals surface area contributed by atoms with E-state index >= 15 is 0 Å². The molecule has 0 saturated heterocycles. The SMILES string of the molecule is CC(C)Oc1cccc(C(=O)NC2(CN)CCCC2)c1. The smallest absolute Gasteiger partial charge is 0.251 e. The normalized spacial score (nSPS) is 17.2. The fraction of sp³-hybridized carbons (Fsp3) is 0.562. The first kappa shape index (κ1) is 14.9. The van der Waals surface area contributed by atoms with Crippen molar-refractivity contribution in [3.8, 4) is 5.75 Å². The van der Waals surface area contributed by atoms with Crippen LogP contribution in [-0.4, -0.2) is 24.1 Å². The number of nitrogens with two attached hydrogens (primary N) is 1. The van der Waals surface area contributed by atoms with Gasteiger partial charge in [0.2, 0.25) is 0 Å². The van der Waals surface area contributed by atoms with E-state index in [2.05, 4.69) is 5.32 Å². The Balaban J connectivity index is 2.08. The molecular formula is C16H24N2O2. The Morgan fingerprint density at radius 1 is 1.40 bits per heavy atom. The van der Waals surface area contributed by atoms with Crippen molar-refractivity contribution in [2.45, 2.75) is 51.2 Å². The molecule has 4 nitrogen and oxygen atoms in total. The highest BCUT2D eigenvalue weighted by molar-refractivity contribution is 5.95. The average Bonchev–Trinajstić information content (AvgIpc) is 2.87. The molecule has 20 heavy (non-hydrogen) atoms. The first-order valence-corrected chi connectivity index (χ1v) is 7.34. The molecule has 0 heterocycles. The lowest BCUT2D eigenvalue weighted by molar-refractivity contribution is 0.0902. The molecule has 3 N–H and O–H groups in total. The number of hydrogen-bond acceptors (Lipinski definition) is 3. The van der Waals surface area contributed by atoms with Crippen LogP contribution in [0, 0.1) is 0 Å². The van der Waals surface area contributed by atoms with Gasteiger partial charge in [0.1, 0.15) is 5.75 Å². The predicted octanol–water partition coefficient (Wildman–Crippen LogP) is 2.48. The lowest BCUT2D eigenvalue weighted by Gasteiger charge is -2.28. The van der Waals surface area contributed by atoms with Crippen LogP contribution in [-0.2, 0) is 0 Å². The highest BCUT2D eigenvalue weighted by Gasteiger charge is 2.34. The Kier molecular flexibility index (Phi) is 4.65. The first-order valence-electron chi connectivity index (χ1n) is 7.34. The average molecular weight is 276 g/mol. The minimum absolute atomic E-state index is 0.0634. The zero-order valence-electron chi connectivity index (χ0n) is 12.3. The van der Waals surface area contributed by atoms with E-state index in [-0.39, 0.29) is 17.6 Å². The molecule has 0 atom stereocenters. The Hall–Kier alpha value is -1.55. The Labute approximate surface area is 120 Å². The quantitative estimate of drug-likeness (QED) is 0.868. The van der Waals surface area contributed by atoms with Gasteiger partial charge >= 0.3 is 0 Å². The molecule has 1 amide bonds. The largest absolute Gasteiger partial charge is 0.491 e. The Morgan fingerprint density at radius 3 is 2.70 bits per heavy atom. The standard InChI is InChI=1S/C16H24N2O2/c1-12(2)20-14-7-5-6-13(10-14)15(19)18-16(11-17)8-3-4-9-16/h5-7,10,12H,3-4,8-9,11,17H2,1-2H3,(H,18,19). The van der Waals surface area contributed by atoms with E-state index in [4.69, 9.17) is 10.5 Å². The van der Waals surface area contributed by atoms with Gasteiger partial charge in [-0.1, -0.05) is 18.9 Å². The summed E-state index contributed by atoms with van der Waals surface area (Å²) in [5.74, 6) is 0.660. The fourth-order valence-corrected chi connectivity index (χ4v) is 2.73. The van der Waals surface area contributed by atoms with E-state index in [1.807, 2.05) is 32.0 Å². The van der Waals surface area contributed by atoms with E-state index in [0.29, 0.717) is 12.1 Å². The maximum atomic E-state index is 12.4. The fourth-order valence-electron chi connectivity index (χ4n) is 2.73. The highest BCUT2D eigenvalue weighted by atomic mass is 16.5. The molecule has 2 rings (SSSR count). The van der Waals surface area contributed by atoms with Crippen molar-refractivity contribution in [1.82, 2.24) is 5.32 Å². The summed E-state index contributed by atoms with van der Waals surface area (Å²) >= 11 is 0. The second-order valence-corrected chi connectivity index (χ2v) is 5.84. The van der Waals surface area contributed by atoms with Crippen LogP contribution in [0.5, 0.6) is 5.75 Å². The van der Waals surface area contributed by atoms with Crippen LogP contribution < -0.4 is 15.8 Å². The molecule has 1 aliphatic rings. The summed E-state index contributed by atoms with van der Waals surface area (Å²) in [4.78, 5) is 12.4. The topological polar surface area (TPSA) is 64.3 Å². The number of amides is 1. The van der Waals surface area contributed by atoms with Gasteiger partial charge in [-0.2, -0.15) is 0 Å². The van der Waals surface area contributed by atoms with Gasteiger partial charge in [0, 0.05) is 12.1 Å². The summed E-state index contributed by atoms with van der Waals surface area (Å²) < 4.78 is 5.62. The summed E-state index contributed by atoms with van der Waals surface area (Å²) in [6.45, 7) is 4.43. The van der Waals surface area contributed by atoms with Gasteiger partial charge in [0.25, 0.3) is 5.91 Å². The van der Waals surface area contributed by atoms with Crippen LogP contribution >= 0.6 is 0 Å². The number of hydrogen-bond donors (Lipinski definition) is 2. The van der Waals surface area contributed by atoms with E-state index in [1.165, 1.54) is 0 Å². The van der Waals surface area contributed by atoms with Crippen LogP contribution in [0.2, 0.25) is 0 Å². The molecule has 0 aromatic heterocycles. The van der Waals surface area contributed by atoms with Gasteiger partial charge in [-0.05, 0) is 44.9 Å². The van der Waals surface area contributed by atoms with Gasteiger partial charge in [-0.25, -0.2) is 0 Å². The zero-order chi connectivity index (χ0) is 14.6. The minimum atomic E-state index is -0.216. The lowest BCUT2D eigenvalue weighted by Crippen LogP contribution is -2.51. The molecule has 1 fully saturated rings. The van der Waals surface area contributed by atoms with Crippen LogP contribution in [0.15, 0.2) is 24.3 Å². The molecule has 1 aliphatic carbocycles. The maximum Gasteiger partial charge on any atom is 0.251 e. The highest BCUT2D eigenvalue weighted by Crippen LogP contribution is 2.29. The molecule has 1 aromatic carbocycles. The van der Waals surface area contributed by atoms with Crippen LogP contribution in [0.3, 0.4) is 0 Å². The van der Waals surface area contributed by atoms with Crippen molar-refractivity contribution in [3.05, 3.63) is 29.8 Å². The molecule has 1 saturated carbocycles. The number of ether oxygens (including phenoxy) is 1. The monoisotopic (exact) mass is 276 g/mol. The summed E-state index contributed by atoms with van der Waals surface area (Å²) in [5, 5.41) is 3.12. The van der Waals surface area contributed by atoms with Crippen molar-refractivity contribution in [3.63, 3.8) is 0 Å². The number of rotatable bonds is 5. The third-order valence-corrected chi connectivity index (χ3v) is 3.80. The van der Waals surface area contributed by atoms with Crippen molar-refractivity contribution in [2.75, 3.05) is 6.54 Å². The third-order valence-electron chi connectivity index (χ3n) is 3.80. The molecule has 0 aliphatic heterocycles. The van der Waals surface area contributed by atoms with Crippen molar-refractivity contribution < 1.29 is 9.53 Å². The second kappa shape index (κ2) is 6.27. The molecular weight excluding hydrogens is 252 g/mol. The summed E-state index contributed by atoms with van der Waals surface area (Å²) in [6.07, 6.45) is 4.30. The molecule has 4 heteroatoms. The third kappa shape index (κ3) is 3.51. The molecule has 0 spiro atoms. The van der Waals surface area contributed by atoms with Crippen LogP contribution in [0.25, 0.3) is 0 Å². The van der Waals surface area contributed by atoms with E-state index in [1.54, 1.807) is 6.07 Å². The van der Waals surface area contributed by atoms with E-state index < -0.39 is 0 Å². The molecule has 0 unspecified atom stereocenters. The Bertz CT molecular complexity index is 465. The summed E-state index contributed by atoms with van der Waals surface area (Å²) in [6, 6.07) is 7.30. The van der Waals surface area contributed by atoms with Crippen LogP contribution in [0.4, 0.5) is 0 Å². The van der Waals surface area contributed by atoms with Gasteiger partial charge in [0.05, 0.1) is 11.6 Å². The Morgan fingerprint density at radius 2 is 2.10 bits per heavy atom. The molecule has 1 aromatic rings. The number of benzene rings is 1. The summed E-state index contributed by atoms with van der Waals surface area (Å²) in [7, 11) is 0. The van der Waals surface area contributed by atoms with Gasteiger partial charge in [-0.15, -0.1) is 0 Å². The van der Waals surface area contributed by atoms with Crippen molar-refractivity contribution in [1.29, 1.82) is 0 Å². The minimum Gasteiger partial charge on any atom is -0.491 e. The second-order valence-electron chi connectivity index (χ2n) is 5.84.